The third-order valence-electron chi connectivity index (χ3n) is 7.81. The summed E-state index contributed by atoms with van der Waals surface area (Å²) in [6.45, 7) is 0. The van der Waals surface area contributed by atoms with Crippen LogP contribution in [0.5, 0.6) is 5.75 Å². The predicted molar refractivity (Wildman–Crippen MR) is 117 cm³/mol. The number of aliphatic carboxylic acids is 1. The molecule has 5 heteroatoms. The van der Waals surface area contributed by atoms with E-state index in [0.717, 1.165) is 75.3 Å². The lowest BCUT2D eigenvalue weighted by atomic mass is 9.75. The second-order valence-corrected chi connectivity index (χ2v) is 9.96. The first kappa shape index (κ1) is 22.5. The molecule has 0 aliphatic heterocycles. The quantitative estimate of drug-likeness (QED) is 0.495. The molecule has 3 aliphatic carbocycles. The molecule has 1 N–H and O–H groups in total. The van der Waals surface area contributed by atoms with Crippen molar-refractivity contribution in [3.8, 4) is 5.75 Å². The van der Waals surface area contributed by atoms with E-state index >= 15 is 0 Å². The normalized spacial score (nSPS) is 22.4. The molecule has 0 unspecified atom stereocenters. The van der Waals surface area contributed by atoms with Gasteiger partial charge in [0, 0.05) is 0 Å². The number of ether oxygens (including phenoxy) is 1. The molecule has 3 saturated carbocycles. The van der Waals surface area contributed by atoms with Gasteiger partial charge in [0.15, 0.2) is 0 Å². The van der Waals surface area contributed by atoms with Gasteiger partial charge in [0.2, 0.25) is 0 Å². The minimum absolute atomic E-state index is 0.180. The Morgan fingerprint density at radius 2 is 1.13 bits per heavy atom. The number of alkyl halides is 2. The smallest absolute Gasteiger partial charge is 0.474 e. The first-order chi connectivity index (χ1) is 15.0. The zero-order chi connectivity index (χ0) is 21.8. The fourth-order valence-corrected chi connectivity index (χ4v) is 6.09. The lowest BCUT2D eigenvalue weighted by Crippen LogP contribution is -2.36. The molecule has 0 spiro atoms. The molecule has 1 aromatic carbocycles. The molecule has 0 atom stereocenters. The molecule has 3 nitrogen and oxygen atoms in total. The summed E-state index contributed by atoms with van der Waals surface area (Å²) in [6, 6.07) is 4.23. The first-order valence-corrected chi connectivity index (χ1v) is 12.4. The van der Waals surface area contributed by atoms with Crippen LogP contribution < -0.4 is 4.74 Å². The van der Waals surface area contributed by atoms with Gasteiger partial charge in [-0.1, -0.05) is 69.9 Å². The number of benzene rings is 1. The zero-order valence-electron chi connectivity index (χ0n) is 18.5. The lowest BCUT2D eigenvalue weighted by molar-refractivity contribution is -0.211. The highest BCUT2D eigenvalue weighted by Crippen LogP contribution is 2.48. The topological polar surface area (TPSA) is 46.5 Å². The average Bonchev–Trinajstić information content (AvgIpc) is 2.80. The molecule has 4 rings (SSSR count). The maximum atomic E-state index is 14.4. The summed E-state index contributed by atoms with van der Waals surface area (Å²) in [5, 5.41) is 9.09. The summed E-state index contributed by atoms with van der Waals surface area (Å²) in [5.74, 6) is -1.19. The van der Waals surface area contributed by atoms with Gasteiger partial charge in [-0.3, -0.25) is 0 Å². The van der Waals surface area contributed by atoms with E-state index < -0.39 is 12.1 Å². The second kappa shape index (κ2) is 9.87. The van der Waals surface area contributed by atoms with Crippen LogP contribution >= 0.6 is 0 Å². The van der Waals surface area contributed by atoms with Crippen LogP contribution in [0, 0.1) is 0 Å². The molecule has 0 saturated heterocycles. The largest absolute Gasteiger partial charge is 0.501 e. The Morgan fingerprint density at radius 3 is 1.52 bits per heavy atom. The number of halogens is 2. The van der Waals surface area contributed by atoms with Crippen molar-refractivity contribution in [3.63, 3.8) is 0 Å². The molecule has 0 heterocycles. The molecule has 31 heavy (non-hydrogen) atoms. The summed E-state index contributed by atoms with van der Waals surface area (Å²) < 4.78 is 33.9. The van der Waals surface area contributed by atoms with E-state index in [1.54, 1.807) is 0 Å². The summed E-state index contributed by atoms with van der Waals surface area (Å²) >= 11 is 0. The van der Waals surface area contributed by atoms with Gasteiger partial charge in [0.25, 0.3) is 0 Å². The van der Waals surface area contributed by atoms with E-state index in [1.807, 2.05) is 0 Å². The third kappa shape index (κ3) is 5.23. The van der Waals surface area contributed by atoms with Gasteiger partial charge < -0.3 is 9.84 Å². The molecular formula is C26H36F2O3. The first-order valence-electron chi connectivity index (χ1n) is 12.4. The van der Waals surface area contributed by atoms with E-state index in [1.165, 1.54) is 37.7 Å². The van der Waals surface area contributed by atoms with Crippen molar-refractivity contribution in [3.05, 3.63) is 28.8 Å². The van der Waals surface area contributed by atoms with Gasteiger partial charge in [-0.2, -0.15) is 8.78 Å². The summed E-state index contributed by atoms with van der Waals surface area (Å²) in [5.41, 5.74) is 2.97. The van der Waals surface area contributed by atoms with Crippen LogP contribution in [0.25, 0.3) is 0 Å². The van der Waals surface area contributed by atoms with Gasteiger partial charge >= 0.3 is 12.1 Å². The molecular weight excluding hydrogens is 398 g/mol. The highest BCUT2D eigenvalue weighted by atomic mass is 19.3. The van der Waals surface area contributed by atoms with Gasteiger partial charge in [-0.25, -0.2) is 4.79 Å². The van der Waals surface area contributed by atoms with Gasteiger partial charge in [-0.05, 0) is 73.0 Å². The number of carboxylic acid groups (broad SMARTS) is 1. The Hall–Kier alpha value is -1.65. The van der Waals surface area contributed by atoms with Crippen molar-refractivity contribution in [2.24, 2.45) is 0 Å². The van der Waals surface area contributed by atoms with Gasteiger partial charge in [-0.15, -0.1) is 0 Å². The fraction of sp³-hybridized carbons (Fsp3) is 0.731. The monoisotopic (exact) mass is 434 g/mol. The molecule has 172 valence electrons. The molecule has 0 amide bonds. The molecule has 1 aromatic rings. The summed E-state index contributed by atoms with van der Waals surface area (Å²) in [4.78, 5) is 11.2. The van der Waals surface area contributed by atoms with Crippen molar-refractivity contribution in [1.82, 2.24) is 0 Å². The molecule has 0 bridgehead atoms. The van der Waals surface area contributed by atoms with Crippen molar-refractivity contribution in [2.45, 2.75) is 120 Å². The standard InChI is InChI=1S/C26H36F2O3/c27-26(28,25(29)30)31-24-22(19-12-6-2-7-13-19)16-21(18-10-4-1-5-11-18)17-23(24)20-14-8-3-9-15-20/h16-20H,1-15H2,(H,29,30). The lowest BCUT2D eigenvalue weighted by Gasteiger charge is -2.32. The summed E-state index contributed by atoms with van der Waals surface area (Å²) in [7, 11) is 0. The van der Waals surface area contributed by atoms with E-state index in [0.29, 0.717) is 5.92 Å². The van der Waals surface area contributed by atoms with Gasteiger partial charge in [0.05, 0.1) is 0 Å². The molecule has 3 fully saturated rings. The van der Waals surface area contributed by atoms with Crippen molar-refractivity contribution < 1.29 is 23.4 Å². The van der Waals surface area contributed by atoms with E-state index in [9.17, 15) is 13.6 Å². The Balaban J connectivity index is 1.81. The van der Waals surface area contributed by atoms with E-state index in [-0.39, 0.29) is 17.6 Å². The number of hydrogen-bond donors (Lipinski definition) is 1. The van der Waals surface area contributed by atoms with Crippen LogP contribution in [0.3, 0.4) is 0 Å². The minimum Gasteiger partial charge on any atom is -0.474 e. The van der Waals surface area contributed by atoms with Crippen LogP contribution in [-0.4, -0.2) is 17.2 Å². The molecule has 0 radical (unpaired) electrons. The van der Waals surface area contributed by atoms with Crippen LogP contribution in [0.2, 0.25) is 0 Å². The fourth-order valence-electron chi connectivity index (χ4n) is 6.09. The average molecular weight is 435 g/mol. The predicted octanol–water partition coefficient (Wildman–Crippen LogP) is 7.89. The van der Waals surface area contributed by atoms with E-state index in [2.05, 4.69) is 12.1 Å². The maximum Gasteiger partial charge on any atom is 0.501 e. The van der Waals surface area contributed by atoms with Crippen LogP contribution in [0.1, 0.15) is 131 Å². The van der Waals surface area contributed by atoms with Crippen LogP contribution in [0.15, 0.2) is 12.1 Å². The maximum absolute atomic E-state index is 14.4. The Labute approximate surface area is 184 Å². The Bertz CT molecular complexity index is 719. The number of rotatable bonds is 6. The molecule has 0 aromatic heterocycles. The van der Waals surface area contributed by atoms with Gasteiger partial charge in [0.1, 0.15) is 5.75 Å². The Morgan fingerprint density at radius 1 is 0.742 bits per heavy atom. The SMILES string of the molecule is O=C(O)C(F)(F)Oc1c(C2CCCCC2)cc(C2CCCCC2)cc1C1CCCCC1. The highest BCUT2D eigenvalue weighted by Gasteiger charge is 2.44. The number of carbonyl (C=O) groups is 1. The third-order valence-corrected chi connectivity index (χ3v) is 7.81. The minimum atomic E-state index is -4.21. The second-order valence-electron chi connectivity index (χ2n) is 9.96. The molecule has 3 aliphatic rings. The number of carboxylic acids is 1. The summed E-state index contributed by atoms with van der Waals surface area (Å²) in [6.07, 6.45) is 12.4. The van der Waals surface area contributed by atoms with Crippen molar-refractivity contribution in [2.75, 3.05) is 0 Å². The highest BCUT2D eigenvalue weighted by molar-refractivity contribution is 5.74. The Kier molecular flexibility index (Phi) is 7.18. The van der Waals surface area contributed by atoms with Crippen LogP contribution in [0.4, 0.5) is 8.78 Å². The van der Waals surface area contributed by atoms with Crippen molar-refractivity contribution >= 4 is 5.97 Å². The van der Waals surface area contributed by atoms with E-state index in [4.69, 9.17) is 9.84 Å². The van der Waals surface area contributed by atoms with Crippen molar-refractivity contribution in [1.29, 1.82) is 0 Å². The number of hydrogen-bond acceptors (Lipinski definition) is 2. The van der Waals surface area contributed by atoms with Crippen LogP contribution in [-0.2, 0) is 4.79 Å². The zero-order valence-corrected chi connectivity index (χ0v) is 18.5.